The van der Waals surface area contributed by atoms with Crippen molar-refractivity contribution in [2.75, 3.05) is 13.1 Å². The molecule has 0 aliphatic carbocycles. The minimum Gasteiger partial charge on any atom is -0.317 e. The van der Waals surface area contributed by atoms with Crippen LogP contribution in [-0.2, 0) is 6.42 Å². The van der Waals surface area contributed by atoms with E-state index in [9.17, 15) is 0 Å². The van der Waals surface area contributed by atoms with Gasteiger partial charge in [-0.05, 0) is 62.5 Å². The van der Waals surface area contributed by atoms with E-state index in [0.29, 0.717) is 0 Å². The lowest BCUT2D eigenvalue weighted by atomic mass is 10.2. The Morgan fingerprint density at radius 3 is 3.00 bits per heavy atom. The van der Waals surface area contributed by atoms with Crippen molar-refractivity contribution in [2.45, 2.75) is 33.1 Å². The van der Waals surface area contributed by atoms with Crippen LogP contribution in [0.1, 0.15) is 30.9 Å². The second-order valence-electron chi connectivity index (χ2n) is 4.84. The Hall–Kier alpha value is -1.68. The predicted octanol–water partition coefficient (Wildman–Crippen LogP) is 2.51. The molecule has 0 saturated carbocycles. The van der Waals surface area contributed by atoms with Gasteiger partial charge in [0.05, 0.1) is 6.20 Å². The first-order chi connectivity index (χ1) is 9.29. The van der Waals surface area contributed by atoms with Crippen molar-refractivity contribution in [1.29, 1.82) is 0 Å². The van der Waals surface area contributed by atoms with Crippen LogP contribution in [0.2, 0.25) is 0 Å². The normalized spacial score (nSPS) is 10.8. The van der Waals surface area contributed by atoms with E-state index < -0.39 is 0 Å². The van der Waals surface area contributed by atoms with Crippen LogP contribution in [-0.4, -0.2) is 27.9 Å². The number of nitrogens with one attached hydrogen (secondary N) is 1. The summed E-state index contributed by atoms with van der Waals surface area (Å²) in [6.45, 7) is 6.43. The first-order valence-corrected chi connectivity index (χ1v) is 6.97. The summed E-state index contributed by atoms with van der Waals surface area (Å²) in [5, 5.41) is 7.79. The second-order valence-corrected chi connectivity index (χ2v) is 4.84. The molecule has 102 valence electrons. The lowest BCUT2D eigenvalue weighted by Gasteiger charge is -2.01. The zero-order valence-electron chi connectivity index (χ0n) is 11.8. The van der Waals surface area contributed by atoms with Gasteiger partial charge < -0.3 is 5.32 Å². The van der Waals surface area contributed by atoms with Crippen LogP contribution in [0.4, 0.5) is 0 Å². The molecule has 0 aliphatic heterocycles. The molecule has 0 fully saturated rings. The van der Waals surface area contributed by atoms with E-state index in [1.165, 1.54) is 17.5 Å². The van der Waals surface area contributed by atoms with Gasteiger partial charge in [0.15, 0.2) is 5.82 Å². The molecule has 0 amide bonds. The third kappa shape index (κ3) is 4.17. The number of rotatable bonds is 7. The summed E-state index contributed by atoms with van der Waals surface area (Å²) >= 11 is 0. The largest absolute Gasteiger partial charge is 0.317 e. The van der Waals surface area contributed by atoms with Crippen LogP contribution in [0.15, 0.2) is 30.7 Å². The standard InChI is InChI=1S/C15H22N4/c1-3-7-16-8-4-5-14-11-18-19(12-14)15-10-13(2)6-9-17-15/h6,9-12,16H,3-5,7-8H2,1-2H3. The molecule has 0 saturated heterocycles. The minimum absolute atomic E-state index is 0.885. The number of hydrogen-bond donors (Lipinski definition) is 1. The van der Waals surface area contributed by atoms with Crippen molar-refractivity contribution >= 4 is 0 Å². The van der Waals surface area contributed by atoms with Crippen molar-refractivity contribution < 1.29 is 0 Å². The predicted molar refractivity (Wildman–Crippen MR) is 77.6 cm³/mol. The molecule has 0 aliphatic rings. The van der Waals surface area contributed by atoms with E-state index in [1.54, 1.807) is 0 Å². The van der Waals surface area contributed by atoms with Gasteiger partial charge in [-0.25, -0.2) is 9.67 Å². The molecule has 0 spiro atoms. The van der Waals surface area contributed by atoms with E-state index in [0.717, 1.165) is 31.7 Å². The Labute approximate surface area is 114 Å². The Bertz CT molecular complexity index is 504. The Balaban J connectivity index is 1.88. The fraction of sp³-hybridized carbons (Fsp3) is 0.467. The van der Waals surface area contributed by atoms with Crippen molar-refractivity contribution in [3.8, 4) is 5.82 Å². The molecule has 2 aromatic heterocycles. The maximum Gasteiger partial charge on any atom is 0.153 e. The minimum atomic E-state index is 0.885. The van der Waals surface area contributed by atoms with Gasteiger partial charge in [0.1, 0.15) is 0 Å². The zero-order valence-corrected chi connectivity index (χ0v) is 11.8. The van der Waals surface area contributed by atoms with Crippen LogP contribution in [0.5, 0.6) is 0 Å². The maximum absolute atomic E-state index is 4.38. The first kappa shape index (κ1) is 13.7. The monoisotopic (exact) mass is 258 g/mol. The van der Waals surface area contributed by atoms with E-state index >= 15 is 0 Å². The third-order valence-corrected chi connectivity index (χ3v) is 3.02. The third-order valence-electron chi connectivity index (χ3n) is 3.02. The van der Waals surface area contributed by atoms with Gasteiger partial charge in [-0.2, -0.15) is 5.10 Å². The lowest BCUT2D eigenvalue weighted by Crippen LogP contribution is -2.16. The molecule has 2 heterocycles. The fourth-order valence-corrected chi connectivity index (χ4v) is 1.98. The van der Waals surface area contributed by atoms with Crippen molar-refractivity contribution in [3.05, 3.63) is 41.9 Å². The van der Waals surface area contributed by atoms with Gasteiger partial charge in [-0.1, -0.05) is 6.92 Å². The van der Waals surface area contributed by atoms with Gasteiger partial charge in [-0.3, -0.25) is 0 Å². The number of hydrogen-bond acceptors (Lipinski definition) is 3. The lowest BCUT2D eigenvalue weighted by molar-refractivity contribution is 0.640. The van der Waals surface area contributed by atoms with Gasteiger partial charge in [0.25, 0.3) is 0 Å². The molecule has 2 aromatic rings. The number of aryl methyl sites for hydroxylation is 2. The molecule has 0 radical (unpaired) electrons. The number of pyridine rings is 1. The number of nitrogens with zero attached hydrogens (tertiary/aromatic N) is 3. The average Bonchev–Trinajstić information content (AvgIpc) is 2.87. The Morgan fingerprint density at radius 2 is 2.21 bits per heavy atom. The van der Waals surface area contributed by atoms with Gasteiger partial charge in [0, 0.05) is 12.4 Å². The summed E-state index contributed by atoms with van der Waals surface area (Å²) < 4.78 is 1.85. The molecule has 0 bridgehead atoms. The summed E-state index contributed by atoms with van der Waals surface area (Å²) in [7, 11) is 0. The van der Waals surface area contributed by atoms with E-state index in [-0.39, 0.29) is 0 Å². The highest BCUT2D eigenvalue weighted by molar-refractivity contribution is 5.27. The van der Waals surface area contributed by atoms with Crippen molar-refractivity contribution in [1.82, 2.24) is 20.1 Å². The van der Waals surface area contributed by atoms with Crippen molar-refractivity contribution in [2.24, 2.45) is 0 Å². The summed E-state index contributed by atoms with van der Waals surface area (Å²) in [4.78, 5) is 4.33. The SMILES string of the molecule is CCCNCCCc1cnn(-c2cc(C)ccn2)c1. The number of aromatic nitrogens is 3. The fourth-order valence-electron chi connectivity index (χ4n) is 1.98. The summed E-state index contributed by atoms with van der Waals surface area (Å²) in [6.07, 6.45) is 9.22. The quantitative estimate of drug-likeness (QED) is 0.776. The molecular formula is C15H22N4. The second kappa shape index (κ2) is 7.04. The molecule has 1 N–H and O–H groups in total. The van der Waals surface area contributed by atoms with Crippen LogP contribution < -0.4 is 5.32 Å². The molecule has 4 heteroatoms. The first-order valence-electron chi connectivity index (χ1n) is 6.97. The van der Waals surface area contributed by atoms with E-state index in [4.69, 9.17) is 0 Å². The summed E-state index contributed by atoms with van der Waals surface area (Å²) in [5.41, 5.74) is 2.47. The maximum atomic E-state index is 4.38. The van der Waals surface area contributed by atoms with Gasteiger partial charge in [0.2, 0.25) is 0 Å². The van der Waals surface area contributed by atoms with E-state index in [1.807, 2.05) is 29.2 Å². The van der Waals surface area contributed by atoms with Crippen LogP contribution >= 0.6 is 0 Å². The molecule has 0 aromatic carbocycles. The van der Waals surface area contributed by atoms with E-state index in [2.05, 4.69) is 35.4 Å². The van der Waals surface area contributed by atoms with Gasteiger partial charge in [-0.15, -0.1) is 0 Å². The molecule has 0 atom stereocenters. The highest BCUT2D eigenvalue weighted by Gasteiger charge is 2.02. The molecule has 0 unspecified atom stereocenters. The van der Waals surface area contributed by atoms with Crippen LogP contribution in [0, 0.1) is 6.92 Å². The summed E-state index contributed by atoms with van der Waals surface area (Å²) in [5.74, 6) is 0.885. The highest BCUT2D eigenvalue weighted by atomic mass is 15.3. The van der Waals surface area contributed by atoms with Crippen molar-refractivity contribution in [3.63, 3.8) is 0 Å². The Morgan fingerprint density at radius 1 is 1.32 bits per heavy atom. The highest BCUT2D eigenvalue weighted by Crippen LogP contribution is 2.08. The molecule has 19 heavy (non-hydrogen) atoms. The Kier molecular flexibility index (Phi) is 5.10. The van der Waals surface area contributed by atoms with Crippen LogP contribution in [0.25, 0.3) is 5.82 Å². The van der Waals surface area contributed by atoms with Crippen LogP contribution in [0.3, 0.4) is 0 Å². The summed E-state index contributed by atoms with van der Waals surface area (Å²) in [6, 6.07) is 4.03. The average molecular weight is 258 g/mol. The van der Waals surface area contributed by atoms with Gasteiger partial charge >= 0.3 is 0 Å². The smallest absolute Gasteiger partial charge is 0.153 e. The molecule has 2 rings (SSSR count). The topological polar surface area (TPSA) is 42.7 Å². The zero-order chi connectivity index (χ0) is 13.5. The molecule has 4 nitrogen and oxygen atoms in total. The molecular weight excluding hydrogens is 236 g/mol.